The Balaban J connectivity index is 1.27. The number of aliphatic hydroxyl groups excluding tert-OH is 1. The van der Waals surface area contributed by atoms with E-state index in [9.17, 15) is 14.7 Å². The van der Waals surface area contributed by atoms with Crippen LogP contribution >= 0.6 is 0 Å². The molecule has 43 heavy (non-hydrogen) atoms. The lowest BCUT2D eigenvalue weighted by Crippen LogP contribution is -2.75. The van der Waals surface area contributed by atoms with E-state index in [4.69, 9.17) is 15.2 Å². The average molecular weight is 584 g/mol. The number of esters is 2. The SMILES string of the molecule is CCC[C@@H]1[C@@]2(OC(=O)c3c(CCCN)cccc32)[C@@]23CCC=C[C@@]12C(=O)O/C3=C(/O)CCC[C@@H]1CCC[C@@H]2C=CC=C[C@@H]12. The van der Waals surface area contributed by atoms with Crippen molar-refractivity contribution in [1.82, 2.24) is 0 Å². The molecule has 6 aliphatic rings. The minimum absolute atomic E-state index is 0.148. The van der Waals surface area contributed by atoms with E-state index < -0.39 is 16.4 Å². The summed E-state index contributed by atoms with van der Waals surface area (Å²) in [7, 11) is 0. The van der Waals surface area contributed by atoms with Crippen molar-refractivity contribution in [3.05, 3.63) is 82.9 Å². The molecule has 7 rings (SSSR count). The first-order chi connectivity index (χ1) is 21.0. The number of nitrogens with two attached hydrogens (primary N) is 1. The number of aryl methyl sites for hydroxylation is 1. The molecule has 1 aromatic carbocycles. The second-order valence-corrected chi connectivity index (χ2v) is 13.7. The predicted molar refractivity (Wildman–Crippen MR) is 165 cm³/mol. The van der Waals surface area contributed by atoms with Crippen LogP contribution in [0.1, 0.15) is 99.0 Å². The summed E-state index contributed by atoms with van der Waals surface area (Å²) >= 11 is 0. The van der Waals surface area contributed by atoms with E-state index in [1.165, 1.54) is 19.3 Å². The third-order valence-corrected chi connectivity index (χ3v) is 11.8. The van der Waals surface area contributed by atoms with Gasteiger partial charge in [0, 0.05) is 17.9 Å². The minimum Gasteiger partial charge on any atom is -0.509 e. The summed E-state index contributed by atoms with van der Waals surface area (Å²) in [5.74, 6) is 1.38. The zero-order valence-corrected chi connectivity index (χ0v) is 25.4. The molecule has 7 atom stereocenters. The maximum Gasteiger partial charge on any atom is 0.339 e. The Hall–Kier alpha value is -3.12. The Kier molecular flexibility index (Phi) is 7.19. The highest BCUT2D eigenvalue weighted by atomic mass is 16.6. The number of fused-ring (bicyclic) bond motifs is 3. The van der Waals surface area contributed by atoms with Gasteiger partial charge < -0.3 is 20.3 Å². The van der Waals surface area contributed by atoms with Gasteiger partial charge in [-0.2, -0.15) is 0 Å². The van der Waals surface area contributed by atoms with Gasteiger partial charge >= 0.3 is 11.9 Å². The monoisotopic (exact) mass is 583 g/mol. The summed E-state index contributed by atoms with van der Waals surface area (Å²) in [6.07, 6.45) is 23.5. The van der Waals surface area contributed by atoms with Gasteiger partial charge in [-0.1, -0.05) is 74.4 Å². The topological polar surface area (TPSA) is 98.9 Å². The van der Waals surface area contributed by atoms with Crippen LogP contribution in [0.3, 0.4) is 0 Å². The van der Waals surface area contributed by atoms with Crippen LogP contribution in [-0.4, -0.2) is 23.6 Å². The number of aliphatic hydroxyl groups is 1. The fourth-order valence-electron chi connectivity index (χ4n) is 10.2. The molecule has 2 saturated carbocycles. The first-order valence-corrected chi connectivity index (χ1v) is 16.7. The molecular formula is C37H45NO5. The van der Waals surface area contributed by atoms with Crippen molar-refractivity contribution in [3.63, 3.8) is 0 Å². The number of carbonyl (C=O) groups excluding carboxylic acids is 2. The smallest absolute Gasteiger partial charge is 0.339 e. The highest BCUT2D eigenvalue weighted by molar-refractivity contribution is 5.99. The minimum atomic E-state index is -1.05. The van der Waals surface area contributed by atoms with Crippen molar-refractivity contribution in [2.45, 2.75) is 89.6 Å². The van der Waals surface area contributed by atoms with E-state index in [2.05, 4.69) is 37.3 Å². The van der Waals surface area contributed by atoms with Gasteiger partial charge in [-0.15, -0.1) is 0 Å². The molecule has 228 valence electrons. The molecule has 0 bridgehead atoms. The van der Waals surface area contributed by atoms with Gasteiger partial charge in [0.05, 0.1) is 11.0 Å². The first-order valence-electron chi connectivity index (χ1n) is 16.7. The first kappa shape index (κ1) is 28.6. The molecular weight excluding hydrogens is 538 g/mol. The van der Waals surface area contributed by atoms with Crippen LogP contribution in [0.4, 0.5) is 0 Å². The summed E-state index contributed by atoms with van der Waals surface area (Å²) < 4.78 is 12.8. The largest absolute Gasteiger partial charge is 0.509 e. The highest BCUT2D eigenvalue weighted by Crippen LogP contribution is 2.84. The molecule has 3 N–H and O–H groups in total. The lowest BCUT2D eigenvalue weighted by Gasteiger charge is -2.68. The van der Waals surface area contributed by atoms with E-state index in [1.807, 2.05) is 24.3 Å². The normalized spacial score (nSPS) is 37.7. The maximum absolute atomic E-state index is 14.0. The van der Waals surface area contributed by atoms with E-state index >= 15 is 0 Å². The van der Waals surface area contributed by atoms with Crippen molar-refractivity contribution in [2.75, 3.05) is 6.54 Å². The van der Waals surface area contributed by atoms with E-state index in [0.717, 1.165) is 43.2 Å². The Morgan fingerprint density at radius 3 is 2.81 bits per heavy atom. The number of hydrogen-bond acceptors (Lipinski definition) is 6. The number of allylic oxidation sites excluding steroid dienone is 6. The number of ether oxygens (including phenoxy) is 2. The molecule has 2 heterocycles. The Labute approximate surface area is 255 Å². The number of hydrogen-bond donors (Lipinski definition) is 2. The van der Waals surface area contributed by atoms with Gasteiger partial charge in [-0.3, -0.25) is 4.79 Å². The highest BCUT2D eigenvalue weighted by Gasteiger charge is 2.91. The Morgan fingerprint density at radius 1 is 1.12 bits per heavy atom. The van der Waals surface area contributed by atoms with Crippen LogP contribution in [0.15, 0.2) is 66.2 Å². The second kappa shape index (κ2) is 10.8. The van der Waals surface area contributed by atoms with Crippen molar-refractivity contribution >= 4 is 11.9 Å². The zero-order chi connectivity index (χ0) is 29.8. The average Bonchev–Trinajstić information content (AvgIpc) is 3.48. The van der Waals surface area contributed by atoms with Gasteiger partial charge in [0.2, 0.25) is 0 Å². The third kappa shape index (κ3) is 3.74. The molecule has 2 aliphatic heterocycles. The van der Waals surface area contributed by atoms with Crippen molar-refractivity contribution in [1.29, 1.82) is 0 Å². The van der Waals surface area contributed by atoms with Gasteiger partial charge in [0.25, 0.3) is 0 Å². The van der Waals surface area contributed by atoms with Crippen LogP contribution in [0.2, 0.25) is 0 Å². The molecule has 0 unspecified atom stereocenters. The van der Waals surface area contributed by atoms with E-state index in [1.54, 1.807) is 0 Å². The molecule has 6 nitrogen and oxygen atoms in total. The van der Waals surface area contributed by atoms with Crippen molar-refractivity contribution in [2.24, 2.45) is 40.2 Å². The summed E-state index contributed by atoms with van der Waals surface area (Å²) in [5.41, 5.74) is 5.30. The van der Waals surface area contributed by atoms with Gasteiger partial charge in [0.15, 0.2) is 11.4 Å². The number of benzene rings is 1. The van der Waals surface area contributed by atoms with Crippen molar-refractivity contribution < 1.29 is 24.2 Å². The van der Waals surface area contributed by atoms with Crippen LogP contribution < -0.4 is 5.73 Å². The molecule has 0 radical (unpaired) electrons. The Morgan fingerprint density at radius 2 is 1.98 bits per heavy atom. The zero-order valence-electron chi connectivity index (χ0n) is 25.4. The molecule has 6 heteroatoms. The number of cyclic esters (lactones) is 1. The van der Waals surface area contributed by atoms with Crippen LogP contribution in [0.25, 0.3) is 0 Å². The van der Waals surface area contributed by atoms with E-state index in [-0.39, 0.29) is 23.6 Å². The third-order valence-electron chi connectivity index (χ3n) is 11.8. The molecule has 1 spiro atoms. The quantitative estimate of drug-likeness (QED) is 0.179. The van der Waals surface area contributed by atoms with Gasteiger partial charge in [-0.05, 0) is 87.6 Å². The number of carbonyl (C=O) groups is 2. The summed E-state index contributed by atoms with van der Waals surface area (Å²) in [5, 5.41) is 11.8. The maximum atomic E-state index is 14.0. The Bertz CT molecular complexity index is 1440. The van der Waals surface area contributed by atoms with Crippen LogP contribution in [0.5, 0.6) is 0 Å². The lowest BCUT2D eigenvalue weighted by molar-refractivity contribution is -0.271. The summed E-state index contributed by atoms with van der Waals surface area (Å²) in [6.45, 7) is 2.65. The molecule has 4 aliphatic carbocycles. The van der Waals surface area contributed by atoms with Gasteiger partial charge in [-0.25, -0.2) is 4.79 Å². The summed E-state index contributed by atoms with van der Waals surface area (Å²) in [6, 6.07) is 6.00. The van der Waals surface area contributed by atoms with Crippen LogP contribution in [-0.2, 0) is 26.3 Å². The number of rotatable bonds is 9. The van der Waals surface area contributed by atoms with E-state index in [0.29, 0.717) is 61.3 Å². The molecule has 1 aromatic rings. The fourth-order valence-corrected chi connectivity index (χ4v) is 10.2. The predicted octanol–water partition coefficient (Wildman–Crippen LogP) is 7.35. The molecule has 3 fully saturated rings. The van der Waals surface area contributed by atoms with Crippen LogP contribution in [0, 0.1) is 34.5 Å². The fraction of sp³-hybridized carbons (Fsp3) is 0.568. The molecule has 1 saturated heterocycles. The molecule has 0 aromatic heterocycles. The lowest BCUT2D eigenvalue weighted by atomic mass is 9.32. The van der Waals surface area contributed by atoms with Crippen molar-refractivity contribution in [3.8, 4) is 0 Å². The molecule has 0 amide bonds. The standard InChI is InChI=1S/C37H45NO5/c1-2-11-30-35-21-5-6-22-36(35,37(30)28-19-8-16-26(17-10-23-38)31(28)33(40)43-37)32(42-34(35)41)29(39)20-9-15-25-14-7-13-24-12-3-4-18-27(24)25/h3-5,8,12,16,18-19,21,24-25,27,30,39H,2,6-7,9-11,13-15,17,20,22-23,38H2,1H3/b32-29+/t24-,25-,27+,30-,35-,36+,37+/m0/s1. The summed E-state index contributed by atoms with van der Waals surface area (Å²) in [4.78, 5) is 27.8. The van der Waals surface area contributed by atoms with Gasteiger partial charge in [0.1, 0.15) is 11.2 Å². The second-order valence-electron chi connectivity index (χ2n) is 13.7.